The summed E-state index contributed by atoms with van der Waals surface area (Å²) in [5, 5.41) is 2.04. The van der Waals surface area contributed by atoms with Gasteiger partial charge in [0.15, 0.2) is 0 Å². The fraction of sp³-hybridized carbons (Fsp3) is 0.667. The van der Waals surface area contributed by atoms with Gasteiger partial charge < -0.3 is 0 Å². The maximum Gasteiger partial charge on any atom is 0.282 e. The van der Waals surface area contributed by atoms with Crippen molar-refractivity contribution in [3.63, 3.8) is 0 Å². The molecule has 0 aliphatic carbocycles. The van der Waals surface area contributed by atoms with Gasteiger partial charge in [0.1, 0.15) is 0 Å². The summed E-state index contributed by atoms with van der Waals surface area (Å²) in [7, 11) is -1.77. The van der Waals surface area contributed by atoms with Crippen molar-refractivity contribution >= 4 is 33.1 Å². The van der Waals surface area contributed by atoms with E-state index in [4.69, 9.17) is 11.6 Å². The molecule has 1 aromatic heterocycles. The highest BCUT2D eigenvalue weighted by Crippen LogP contribution is 2.34. The van der Waals surface area contributed by atoms with Gasteiger partial charge in [-0.1, -0.05) is 0 Å². The Hall–Kier alpha value is -0.140. The van der Waals surface area contributed by atoms with Crippen LogP contribution < -0.4 is 0 Å². The molecule has 0 N–H and O–H groups in total. The first-order valence-corrected chi connectivity index (χ1v) is 9.15. The van der Waals surface area contributed by atoms with Gasteiger partial charge in [-0.2, -0.15) is 17.0 Å². The van der Waals surface area contributed by atoms with E-state index in [1.54, 1.807) is 22.7 Å². The Morgan fingerprint density at radius 2 is 2.32 bits per heavy atom. The summed E-state index contributed by atoms with van der Waals surface area (Å²) in [4.78, 5) is 1.31. The third kappa shape index (κ3) is 2.97. The van der Waals surface area contributed by atoms with E-state index >= 15 is 0 Å². The van der Waals surface area contributed by atoms with Crippen molar-refractivity contribution in [1.29, 1.82) is 0 Å². The van der Waals surface area contributed by atoms with E-state index in [0.29, 0.717) is 25.4 Å². The van der Waals surface area contributed by atoms with Crippen LogP contribution in [-0.2, 0) is 16.6 Å². The lowest BCUT2D eigenvalue weighted by atomic mass is 10.0. The third-order valence-electron chi connectivity index (χ3n) is 3.52. The largest absolute Gasteiger partial charge is 0.282 e. The number of halogens is 1. The Kier molecular flexibility index (Phi) is 4.89. The Morgan fingerprint density at radius 1 is 1.58 bits per heavy atom. The van der Waals surface area contributed by atoms with Crippen LogP contribution in [0.2, 0.25) is 0 Å². The van der Waals surface area contributed by atoms with Crippen LogP contribution in [-0.4, -0.2) is 43.0 Å². The fourth-order valence-electron chi connectivity index (χ4n) is 2.38. The second kappa shape index (κ2) is 6.10. The third-order valence-corrected chi connectivity index (χ3v) is 6.84. The van der Waals surface area contributed by atoms with Crippen molar-refractivity contribution in [3.8, 4) is 0 Å². The highest BCUT2D eigenvalue weighted by molar-refractivity contribution is 7.86. The summed E-state index contributed by atoms with van der Waals surface area (Å²) in [6.07, 6.45) is 1.48. The average molecular weight is 323 g/mol. The quantitative estimate of drug-likeness (QED) is 0.781. The smallest absolute Gasteiger partial charge is 0.195 e. The molecule has 2 rings (SSSR count). The molecule has 0 fully saturated rings. The van der Waals surface area contributed by atoms with Crippen molar-refractivity contribution in [2.24, 2.45) is 0 Å². The van der Waals surface area contributed by atoms with Crippen LogP contribution in [0.25, 0.3) is 0 Å². The van der Waals surface area contributed by atoms with Crippen LogP contribution in [0.1, 0.15) is 29.8 Å². The van der Waals surface area contributed by atoms with Crippen LogP contribution in [0.4, 0.5) is 0 Å². The minimum absolute atomic E-state index is 0.0848. The van der Waals surface area contributed by atoms with Crippen molar-refractivity contribution in [2.75, 3.05) is 26.0 Å². The van der Waals surface area contributed by atoms with Crippen LogP contribution in [0.3, 0.4) is 0 Å². The van der Waals surface area contributed by atoms with Gasteiger partial charge in [0, 0.05) is 36.9 Å². The molecule has 4 nitrogen and oxygen atoms in total. The lowest BCUT2D eigenvalue weighted by molar-refractivity contribution is 0.298. The van der Waals surface area contributed by atoms with E-state index in [1.807, 2.05) is 18.4 Å². The number of fused-ring (bicyclic) bond motifs is 1. The van der Waals surface area contributed by atoms with Gasteiger partial charge in [0.05, 0.1) is 0 Å². The molecule has 1 aliphatic heterocycles. The van der Waals surface area contributed by atoms with Crippen molar-refractivity contribution < 1.29 is 8.42 Å². The van der Waals surface area contributed by atoms with E-state index in [2.05, 4.69) is 0 Å². The summed E-state index contributed by atoms with van der Waals surface area (Å²) >= 11 is 7.34. The predicted octanol–water partition coefficient (Wildman–Crippen LogP) is 2.47. The van der Waals surface area contributed by atoms with Gasteiger partial charge in [0.25, 0.3) is 10.2 Å². The molecule has 0 spiro atoms. The van der Waals surface area contributed by atoms with Gasteiger partial charge in [-0.05, 0) is 36.8 Å². The Labute approximate surface area is 124 Å². The van der Waals surface area contributed by atoms with E-state index in [9.17, 15) is 8.42 Å². The zero-order chi connectivity index (χ0) is 14.0. The molecule has 19 heavy (non-hydrogen) atoms. The molecule has 0 saturated carbocycles. The first-order valence-electron chi connectivity index (χ1n) is 6.34. The molecular weight excluding hydrogens is 304 g/mol. The first kappa shape index (κ1) is 15.3. The number of hydrogen-bond donors (Lipinski definition) is 0. The standard InChI is InChI=1S/C12H19ClN2O2S2/c1-10-11-5-9-18-12(11)4-8-15(10)19(16,17)14(2)7-3-6-13/h5,9-10H,3-4,6-8H2,1-2H3. The molecule has 0 bridgehead atoms. The summed E-state index contributed by atoms with van der Waals surface area (Å²) in [6.45, 7) is 2.98. The molecule has 2 heterocycles. The van der Waals surface area contributed by atoms with Crippen LogP contribution >= 0.6 is 22.9 Å². The predicted molar refractivity (Wildman–Crippen MR) is 80.0 cm³/mol. The topological polar surface area (TPSA) is 40.6 Å². The van der Waals surface area contributed by atoms with E-state index in [1.165, 1.54) is 9.18 Å². The van der Waals surface area contributed by atoms with Crippen LogP contribution in [0.5, 0.6) is 0 Å². The lowest BCUT2D eigenvalue weighted by Crippen LogP contribution is -2.46. The summed E-state index contributed by atoms with van der Waals surface area (Å²) < 4.78 is 28.1. The van der Waals surface area contributed by atoms with E-state index < -0.39 is 10.2 Å². The zero-order valence-corrected chi connectivity index (χ0v) is 13.6. The SMILES string of the molecule is CC1c2ccsc2CCN1S(=O)(=O)N(C)CCCCl. The number of nitrogens with zero attached hydrogens (tertiary/aromatic N) is 2. The summed E-state index contributed by atoms with van der Waals surface area (Å²) in [5.74, 6) is 0.476. The van der Waals surface area contributed by atoms with Gasteiger partial charge in [-0.25, -0.2) is 0 Å². The highest BCUT2D eigenvalue weighted by Gasteiger charge is 2.35. The fourth-order valence-corrected chi connectivity index (χ4v) is 5.01. The van der Waals surface area contributed by atoms with E-state index in [0.717, 1.165) is 12.0 Å². The number of alkyl halides is 1. The molecule has 1 atom stereocenters. The molecular formula is C12H19ClN2O2S2. The molecule has 0 radical (unpaired) electrons. The first-order chi connectivity index (χ1) is 8.98. The lowest BCUT2D eigenvalue weighted by Gasteiger charge is -2.35. The second-order valence-electron chi connectivity index (χ2n) is 4.71. The molecule has 108 valence electrons. The molecule has 0 saturated heterocycles. The normalized spacial score (nSPS) is 20.7. The van der Waals surface area contributed by atoms with Crippen LogP contribution in [0, 0.1) is 0 Å². The maximum absolute atomic E-state index is 12.5. The minimum atomic E-state index is -3.39. The van der Waals surface area contributed by atoms with Gasteiger partial charge in [-0.3, -0.25) is 0 Å². The summed E-state index contributed by atoms with van der Waals surface area (Å²) in [6, 6.07) is 1.95. The van der Waals surface area contributed by atoms with Gasteiger partial charge in [-0.15, -0.1) is 22.9 Å². The maximum atomic E-state index is 12.5. The van der Waals surface area contributed by atoms with Gasteiger partial charge >= 0.3 is 0 Å². The van der Waals surface area contributed by atoms with Crippen molar-refractivity contribution in [3.05, 3.63) is 21.9 Å². The number of rotatable bonds is 5. The molecule has 7 heteroatoms. The number of thiophene rings is 1. The average Bonchev–Trinajstić information content (AvgIpc) is 2.85. The molecule has 0 amide bonds. The molecule has 1 aliphatic rings. The number of hydrogen-bond acceptors (Lipinski definition) is 3. The highest BCUT2D eigenvalue weighted by atomic mass is 35.5. The van der Waals surface area contributed by atoms with Crippen molar-refractivity contribution in [2.45, 2.75) is 25.8 Å². The zero-order valence-electron chi connectivity index (χ0n) is 11.2. The second-order valence-corrected chi connectivity index (χ2v) is 8.07. The van der Waals surface area contributed by atoms with Crippen molar-refractivity contribution in [1.82, 2.24) is 8.61 Å². The minimum Gasteiger partial charge on any atom is -0.195 e. The molecule has 1 aromatic rings. The molecule has 0 aromatic carbocycles. The summed E-state index contributed by atoms with van der Waals surface area (Å²) in [5.41, 5.74) is 1.14. The Morgan fingerprint density at radius 3 is 3.00 bits per heavy atom. The monoisotopic (exact) mass is 322 g/mol. The Balaban J connectivity index is 2.18. The Bertz CT molecular complexity index is 530. The van der Waals surface area contributed by atoms with E-state index in [-0.39, 0.29) is 6.04 Å². The van der Waals surface area contributed by atoms with Crippen LogP contribution in [0.15, 0.2) is 11.4 Å². The van der Waals surface area contributed by atoms with Gasteiger partial charge in [0.2, 0.25) is 0 Å². The molecule has 1 unspecified atom stereocenters.